The summed E-state index contributed by atoms with van der Waals surface area (Å²) in [4.78, 5) is 11.8. The fourth-order valence-electron chi connectivity index (χ4n) is 2.84. The molecule has 2 amide bonds. The van der Waals surface area contributed by atoms with E-state index < -0.39 is 0 Å². The molecule has 4 heteroatoms. The van der Waals surface area contributed by atoms with Crippen LogP contribution in [0.25, 0.3) is 0 Å². The summed E-state index contributed by atoms with van der Waals surface area (Å²) < 4.78 is 0. The Kier molecular flexibility index (Phi) is 3.61. The molecule has 0 aromatic carbocycles. The second-order valence-corrected chi connectivity index (χ2v) is 6.17. The molecule has 4 N–H and O–H groups in total. The molecule has 2 aliphatic rings. The Labute approximate surface area is 104 Å². The molecule has 0 radical (unpaired) electrons. The molecule has 0 saturated heterocycles. The van der Waals surface area contributed by atoms with Crippen molar-refractivity contribution in [3.63, 3.8) is 0 Å². The molecule has 0 aromatic rings. The summed E-state index contributed by atoms with van der Waals surface area (Å²) in [6, 6.07) is 0.797. The minimum Gasteiger partial charge on any atom is -0.335 e. The van der Waals surface area contributed by atoms with Gasteiger partial charge in [0.2, 0.25) is 0 Å². The zero-order valence-corrected chi connectivity index (χ0v) is 11.0. The van der Waals surface area contributed by atoms with Crippen molar-refractivity contribution in [1.82, 2.24) is 10.6 Å². The van der Waals surface area contributed by atoms with Crippen LogP contribution in [0.2, 0.25) is 0 Å². The van der Waals surface area contributed by atoms with E-state index in [4.69, 9.17) is 5.73 Å². The Morgan fingerprint density at radius 3 is 2.35 bits per heavy atom. The van der Waals surface area contributed by atoms with Crippen LogP contribution in [0, 0.1) is 5.41 Å². The molecule has 98 valence electrons. The van der Waals surface area contributed by atoms with Crippen LogP contribution in [0.5, 0.6) is 0 Å². The van der Waals surface area contributed by atoms with Crippen LogP contribution in [0.15, 0.2) is 0 Å². The molecule has 0 spiro atoms. The van der Waals surface area contributed by atoms with E-state index in [1.807, 2.05) is 0 Å². The molecular formula is C13H25N3O. The first kappa shape index (κ1) is 12.7. The summed E-state index contributed by atoms with van der Waals surface area (Å²) in [5.41, 5.74) is 5.97. The Morgan fingerprint density at radius 2 is 1.82 bits per heavy atom. The van der Waals surface area contributed by atoms with Crippen LogP contribution in [-0.2, 0) is 0 Å². The van der Waals surface area contributed by atoms with Crippen molar-refractivity contribution in [3.8, 4) is 0 Å². The SMILES string of the molecule is CC1(C)C(N)CC1NC(=O)NC1CCCCC1. The van der Waals surface area contributed by atoms with E-state index in [9.17, 15) is 4.79 Å². The quantitative estimate of drug-likeness (QED) is 0.687. The fourth-order valence-corrected chi connectivity index (χ4v) is 2.84. The second kappa shape index (κ2) is 4.84. The van der Waals surface area contributed by atoms with Crippen molar-refractivity contribution in [3.05, 3.63) is 0 Å². The highest BCUT2D eigenvalue weighted by molar-refractivity contribution is 5.74. The molecule has 0 bridgehead atoms. The molecule has 2 rings (SSSR count). The Bertz CT molecular complexity index is 284. The maximum Gasteiger partial charge on any atom is 0.315 e. The van der Waals surface area contributed by atoms with Gasteiger partial charge in [0.15, 0.2) is 0 Å². The summed E-state index contributed by atoms with van der Waals surface area (Å²) in [7, 11) is 0. The number of amides is 2. The van der Waals surface area contributed by atoms with Crippen LogP contribution in [0.4, 0.5) is 4.79 Å². The Balaban J connectivity index is 1.74. The smallest absolute Gasteiger partial charge is 0.315 e. The summed E-state index contributed by atoms with van der Waals surface area (Å²) in [5.74, 6) is 0. The standard InChI is InChI=1S/C13H25N3O/c1-13(2)10(14)8-11(13)16-12(17)15-9-6-4-3-5-7-9/h9-11H,3-8,14H2,1-2H3,(H2,15,16,17). The van der Waals surface area contributed by atoms with Crippen LogP contribution in [-0.4, -0.2) is 24.2 Å². The predicted molar refractivity (Wildman–Crippen MR) is 68.7 cm³/mol. The molecule has 17 heavy (non-hydrogen) atoms. The third kappa shape index (κ3) is 2.73. The highest BCUT2D eigenvalue weighted by atomic mass is 16.2. The highest BCUT2D eigenvalue weighted by Gasteiger charge is 2.46. The predicted octanol–water partition coefficient (Wildman–Crippen LogP) is 1.74. The van der Waals surface area contributed by atoms with Gasteiger partial charge in [0.25, 0.3) is 0 Å². The molecule has 2 unspecified atom stereocenters. The minimum absolute atomic E-state index is 0.0122. The molecule has 0 aliphatic heterocycles. The number of rotatable bonds is 2. The van der Waals surface area contributed by atoms with Crippen molar-refractivity contribution in [2.75, 3.05) is 0 Å². The van der Waals surface area contributed by atoms with Gasteiger partial charge in [0.1, 0.15) is 0 Å². The summed E-state index contributed by atoms with van der Waals surface area (Å²) >= 11 is 0. The number of nitrogens with two attached hydrogens (primary N) is 1. The van der Waals surface area contributed by atoms with Gasteiger partial charge in [-0.2, -0.15) is 0 Å². The van der Waals surface area contributed by atoms with Crippen molar-refractivity contribution in [1.29, 1.82) is 0 Å². The van der Waals surface area contributed by atoms with E-state index in [0.29, 0.717) is 6.04 Å². The first-order valence-electron chi connectivity index (χ1n) is 6.83. The topological polar surface area (TPSA) is 67.1 Å². The lowest BCUT2D eigenvalue weighted by atomic mass is 9.63. The molecule has 2 fully saturated rings. The number of hydrogen-bond acceptors (Lipinski definition) is 2. The average molecular weight is 239 g/mol. The van der Waals surface area contributed by atoms with Crippen LogP contribution in [0.1, 0.15) is 52.4 Å². The van der Waals surface area contributed by atoms with Crippen molar-refractivity contribution >= 4 is 6.03 Å². The van der Waals surface area contributed by atoms with Gasteiger partial charge in [-0.1, -0.05) is 33.1 Å². The molecule has 2 saturated carbocycles. The zero-order valence-electron chi connectivity index (χ0n) is 11.0. The number of carbonyl (C=O) groups is 1. The molecular weight excluding hydrogens is 214 g/mol. The highest BCUT2D eigenvalue weighted by Crippen LogP contribution is 2.38. The maximum atomic E-state index is 11.8. The van der Waals surface area contributed by atoms with Crippen LogP contribution >= 0.6 is 0 Å². The number of carbonyl (C=O) groups excluding carboxylic acids is 1. The summed E-state index contributed by atoms with van der Waals surface area (Å²) in [6.45, 7) is 4.24. The molecule has 0 heterocycles. The van der Waals surface area contributed by atoms with E-state index in [2.05, 4.69) is 24.5 Å². The molecule has 4 nitrogen and oxygen atoms in total. The first-order chi connectivity index (χ1) is 8.00. The Hall–Kier alpha value is -0.770. The van der Waals surface area contributed by atoms with Crippen LogP contribution < -0.4 is 16.4 Å². The van der Waals surface area contributed by atoms with Gasteiger partial charge in [-0.05, 0) is 19.3 Å². The largest absolute Gasteiger partial charge is 0.335 e. The van der Waals surface area contributed by atoms with E-state index in [0.717, 1.165) is 19.3 Å². The second-order valence-electron chi connectivity index (χ2n) is 6.17. The van der Waals surface area contributed by atoms with Gasteiger partial charge in [-0.3, -0.25) is 0 Å². The minimum atomic E-state index is -0.0122. The number of nitrogens with one attached hydrogen (secondary N) is 2. The normalized spacial score (nSPS) is 32.6. The van der Waals surface area contributed by atoms with Gasteiger partial charge < -0.3 is 16.4 Å². The van der Waals surface area contributed by atoms with Gasteiger partial charge >= 0.3 is 6.03 Å². The lowest BCUT2D eigenvalue weighted by Crippen LogP contribution is -2.65. The van der Waals surface area contributed by atoms with E-state index in [1.165, 1.54) is 19.3 Å². The van der Waals surface area contributed by atoms with E-state index in [1.54, 1.807) is 0 Å². The Morgan fingerprint density at radius 1 is 1.18 bits per heavy atom. The third-order valence-electron chi connectivity index (χ3n) is 4.59. The van der Waals surface area contributed by atoms with Crippen molar-refractivity contribution in [2.45, 2.75) is 70.5 Å². The monoisotopic (exact) mass is 239 g/mol. The molecule has 2 atom stereocenters. The fraction of sp³-hybridized carbons (Fsp3) is 0.923. The van der Waals surface area contributed by atoms with Crippen molar-refractivity contribution < 1.29 is 4.79 Å². The lowest BCUT2D eigenvalue weighted by molar-refractivity contribution is 0.0791. The number of urea groups is 1. The molecule has 0 aromatic heterocycles. The zero-order chi connectivity index (χ0) is 12.5. The van der Waals surface area contributed by atoms with E-state index in [-0.39, 0.29) is 23.5 Å². The van der Waals surface area contributed by atoms with Gasteiger partial charge in [-0.15, -0.1) is 0 Å². The van der Waals surface area contributed by atoms with Crippen LogP contribution in [0.3, 0.4) is 0 Å². The summed E-state index contributed by atoms with van der Waals surface area (Å²) in [6.07, 6.45) is 6.94. The van der Waals surface area contributed by atoms with Gasteiger partial charge in [-0.25, -0.2) is 4.79 Å². The first-order valence-corrected chi connectivity index (χ1v) is 6.83. The maximum absolute atomic E-state index is 11.8. The molecule has 2 aliphatic carbocycles. The average Bonchev–Trinajstić information content (AvgIpc) is 2.30. The lowest BCUT2D eigenvalue weighted by Gasteiger charge is -2.50. The number of hydrogen-bond donors (Lipinski definition) is 3. The van der Waals surface area contributed by atoms with Gasteiger partial charge in [0.05, 0.1) is 0 Å². The third-order valence-corrected chi connectivity index (χ3v) is 4.59. The van der Waals surface area contributed by atoms with Gasteiger partial charge in [0, 0.05) is 23.5 Å². The summed E-state index contributed by atoms with van der Waals surface area (Å²) in [5, 5.41) is 6.13. The van der Waals surface area contributed by atoms with E-state index >= 15 is 0 Å². The van der Waals surface area contributed by atoms with Crippen molar-refractivity contribution in [2.24, 2.45) is 11.1 Å².